The van der Waals surface area contributed by atoms with Crippen molar-refractivity contribution in [2.24, 2.45) is 7.05 Å². The molecule has 7 nitrogen and oxygen atoms in total. The number of rotatable bonds is 4. The number of aromatic nitrogens is 4. The molecule has 0 aliphatic rings. The van der Waals surface area contributed by atoms with E-state index in [-0.39, 0.29) is 22.6 Å². The molecule has 0 spiro atoms. The van der Waals surface area contributed by atoms with Crippen LogP contribution in [-0.2, 0) is 7.05 Å². The summed E-state index contributed by atoms with van der Waals surface area (Å²) in [5.41, 5.74) is 2.32. The zero-order chi connectivity index (χ0) is 23.8. The van der Waals surface area contributed by atoms with Gasteiger partial charge >= 0.3 is 0 Å². The van der Waals surface area contributed by atoms with Gasteiger partial charge in [0.15, 0.2) is 0 Å². The van der Waals surface area contributed by atoms with Gasteiger partial charge in [0, 0.05) is 7.05 Å². The van der Waals surface area contributed by atoms with Crippen molar-refractivity contribution in [3.8, 4) is 17.1 Å². The largest absolute Gasteiger partial charge is 0.508 e. The Kier molecular flexibility index (Phi) is 5.22. The number of phenolic OH excluding ortho intramolecular Hbond substituents is 1. The van der Waals surface area contributed by atoms with E-state index in [0.29, 0.717) is 28.1 Å². The quantitative estimate of drug-likeness (QED) is 0.448. The maximum Gasteiger partial charge on any atom is 0.296 e. The highest BCUT2D eigenvalue weighted by molar-refractivity contribution is 5.80. The van der Waals surface area contributed by atoms with Gasteiger partial charge in [-0.2, -0.15) is 0 Å². The van der Waals surface area contributed by atoms with Crippen LogP contribution in [0.2, 0.25) is 0 Å². The van der Waals surface area contributed by atoms with Crippen LogP contribution in [0.5, 0.6) is 5.75 Å². The lowest BCUT2D eigenvalue weighted by atomic mass is 10.2. The summed E-state index contributed by atoms with van der Waals surface area (Å²) in [5.74, 6) is 0.502. The second-order valence-electron chi connectivity index (χ2n) is 7.96. The molecule has 0 saturated carbocycles. The lowest BCUT2D eigenvalue weighted by Gasteiger charge is -2.10. The van der Waals surface area contributed by atoms with Crippen molar-refractivity contribution in [1.82, 2.24) is 18.9 Å². The van der Waals surface area contributed by atoms with Crippen LogP contribution in [0.4, 0.5) is 0 Å². The first-order chi connectivity index (χ1) is 16.5. The Labute approximate surface area is 195 Å². The normalized spacial score (nSPS) is 11.5. The summed E-state index contributed by atoms with van der Waals surface area (Å²) >= 11 is 0. The molecule has 5 aromatic rings. The summed E-state index contributed by atoms with van der Waals surface area (Å²) in [6, 6.07) is 23.1. The average Bonchev–Trinajstić information content (AvgIpc) is 3.07. The minimum atomic E-state index is -0.318. The average molecular weight is 450 g/mol. The fraction of sp³-hybridized carbons (Fsp3) is 0.0741. The molecule has 2 heterocycles. The van der Waals surface area contributed by atoms with E-state index in [1.807, 2.05) is 43.3 Å². The first-order valence-electron chi connectivity index (χ1n) is 10.8. The molecule has 2 aromatic heterocycles. The maximum absolute atomic E-state index is 13.7. The van der Waals surface area contributed by atoms with Crippen LogP contribution in [0.1, 0.15) is 17.1 Å². The summed E-state index contributed by atoms with van der Waals surface area (Å²) in [5, 5.41) is 9.98. The summed E-state index contributed by atoms with van der Waals surface area (Å²) in [4.78, 5) is 32.0. The fourth-order valence-electron chi connectivity index (χ4n) is 4.05. The number of nitrogens with zero attached hydrogens (tertiary/aromatic N) is 4. The second-order valence-corrected chi connectivity index (χ2v) is 7.96. The zero-order valence-electron chi connectivity index (χ0n) is 18.7. The van der Waals surface area contributed by atoms with E-state index in [1.165, 1.54) is 4.57 Å². The van der Waals surface area contributed by atoms with Crippen LogP contribution in [-0.4, -0.2) is 24.0 Å². The molecule has 0 saturated heterocycles. The van der Waals surface area contributed by atoms with Gasteiger partial charge < -0.3 is 5.11 Å². The SMILES string of the molecule is Cc1c(-n2c(/C=C/c3ccc(O)cc3)nc3ccccc3c2=O)c(=O)n(-c2ccccc2)n1C. The van der Waals surface area contributed by atoms with Crippen molar-refractivity contribution >= 4 is 23.1 Å². The van der Waals surface area contributed by atoms with Crippen molar-refractivity contribution in [3.05, 3.63) is 117 Å². The number of benzene rings is 3. The van der Waals surface area contributed by atoms with Crippen LogP contribution in [0.25, 0.3) is 34.4 Å². The Bertz CT molecular complexity index is 1660. The van der Waals surface area contributed by atoms with E-state index in [4.69, 9.17) is 4.98 Å². The molecule has 0 bridgehead atoms. The van der Waals surface area contributed by atoms with Gasteiger partial charge in [-0.3, -0.25) is 18.8 Å². The number of hydrogen-bond donors (Lipinski definition) is 1. The van der Waals surface area contributed by atoms with Crippen molar-refractivity contribution in [1.29, 1.82) is 0 Å². The Hall–Kier alpha value is -4.65. The van der Waals surface area contributed by atoms with Gasteiger partial charge in [-0.15, -0.1) is 0 Å². The van der Waals surface area contributed by atoms with Gasteiger partial charge in [-0.25, -0.2) is 9.67 Å². The Morgan fingerprint density at radius 1 is 0.824 bits per heavy atom. The minimum Gasteiger partial charge on any atom is -0.508 e. The third-order valence-corrected chi connectivity index (χ3v) is 5.87. The van der Waals surface area contributed by atoms with Gasteiger partial charge in [0.2, 0.25) is 0 Å². The number of phenols is 1. The highest BCUT2D eigenvalue weighted by Crippen LogP contribution is 2.18. The number of fused-ring (bicyclic) bond motifs is 1. The van der Waals surface area contributed by atoms with Gasteiger partial charge in [0.05, 0.1) is 22.3 Å². The smallest absolute Gasteiger partial charge is 0.296 e. The van der Waals surface area contributed by atoms with Crippen LogP contribution in [0.15, 0.2) is 88.5 Å². The highest BCUT2D eigenvalue weighted by atomic mass is 16.3. The van der Waals surface area contributed by atoms with Crippen LogP contribution >= 0.6 is 0 Å². The molecule has 0 amide bonds. The van der Waals surface area contributed by atoms with Crippen molar-refractivity contribution in [2.45, 2.75) is 6.92 Å². The summed E-state index contributed by atoms with van der Waals surface area (Å²) in [7, 11) is 1.79. The molecular formula is C27H22N4O3. The summed E-state index contributed by atoms with van der Waals surface area (Å²) in [6.45, 7) is 1.81. The lowest BCUT2D eigenvalue weighted by molar-refractivity contribution is 0.475. The monoisotopic (exact) mass is 450 g/mol. The zero-order valence-corrected chi connectivity index (χ0v) is 18.7. The molecule has 1 N–H and O–H groups in total. The first kappa shape index (κ1) is 21.2. The Balaban J connectivity index is 1.79. The lowest BCUT2D eigenvalue weighted by Crippen LogP contribution is -2.28. The molecule has 0 unspecified atom stereocenters. The fourth-order valence-corrected chi connectivity index (χ4v) is 4.05. The Morgan fingerprint density at radius 3 is 2.24 bits per heavy atom. The van der Waals surface area contributed by atoms with Crippen molar-refractivity contribution in [3.63, 3.8) is 0 Å². The number of para-hydroxylation sites is 2. The van der Waals surface area contributed by atoms with Gasteiger partial charge in [0.1, 0.15) is 17.3 Å². The van der Waals surface area contributed by atoms with Crippen LogP contribution < -0.4 is 11.1 Å². The van der Waals surface area contributed by atoms with E-state index in [9.17, 15) is 14.7 Å². The van der Waals surface area contributed by atoms with Gasteiger partial charge in [-0.05, 0) is 55.0 Å². The molecule has 0 radical (unpaired) electrons. The predicted octanol–water partition coefficient (Wildman–Crippen LogP) is 4.06. The minimum absolute atomic E-state index is 0.166. The molecule has 34 heavy (non-hydrogen) atoms. The van der Waals surface area contributed by atoms with Crippen LogP contribution in [0, 0.1) is 6.92 Å². The van der Waals surface area contributed by atoms with Crippen molar-refractivity contribution in [2.75, 3.05) is 0 Å². The topological polar surface area (TPSA) is 82.1 Å². The van der Waals surface area contributed by atoms with Gasteiger partial charge in [0.25, 0.3) is 11.1 Å². The molecular weight excluding hydrogens is 428 g/mol. The molecule has 0 fully saturated rings. The van der Waals surface area contributed by atoms with E-state index < -0.39 is 0 Å². The maximum atomic E-state index is 13.7. The summed E-state index contributed by atoms with van der Waals surface area (Å²) in [6.07, 6.45) is 3.50. The third-order valence-electron chi connectivity index (χ3n) is 5.87. The van der Waals surface area contributed by atoms with E-state index in [2.05, 4.69) is 0 Å². The number of hydrogen-bond acceptors (Lipinski definition) is 4. The molecule has 3 aromatic carbocycles. The molecule has 0 aliphatic carbocycles. The molecule has 5 rings (SSSR count). The third kappa shape index (κ3) is 3.53. The van der Waals surface area contributed by atoms with E-state index >= 15 is 0 Å². The molecule has 0 atom stereocenters. The molecule has 0 aliphatic heterocycles. The molecule has 168 valence electrons. The highest BCUT2D eigenvalue weighted by Gasteiger charge is 2.22. The Morgan fingerprint density at radius 2 is 1.50 bits per heavy atom. The van der Waals surface area contributed by atoms with Crippen LogP contribution in [0.3, 0.4) is 0 Å². The molecule has 7 heteroatoms. The van der Waals surface area contributed by atoms with E-state index in [1.54, 1.807) is 71.0 Å². The van der Waals surface area contributed by atoms with Crippen molar-refractivity contribution < 1.29 is 5.11 Å². The first-order valence-corrected chi connectivity index (χ1v) is 10.8. The number of aromatic hydroxyl groups is 1. The summed E-state index contributed by atoms with van der Waals surface area (Å²) < 4.78 is 4.66. The standard InChI is InChI=1S/C27H22N4O3/c1-18-25(27(34)31(29(18)2)20-8-4-3-5-9-20)30-24(17-14-19-12-15-21(32)16-13-19)28-23-11-7-6-10-22(23)26(30)33/h3-17,32H,1-2H3/b17-14+. The predicted molar refractivity (Wildman–Crippen MR) is 134 cm³/mol. The second kappa shape index (κ2) is 8.37. The van der Waals surface area contributed by atoms with E-state index in [0.717, 1.165) is 5.56 Å². The van der Waals surface area contributed by atoms with Gasteiger partial charge in [-0.1, -0.05) is 48.5 Å².